The van der Waals surface area contributed by atoms with Gasteiger partial charge in [0.15, 0.2) is 0 Å². The van der Waals surface area contributed by atoms with Gasteiger partial charge >= 0.3 is 0 Å². The normalized spacial score (nSPS) is 12.8. The molecule has 52 heavy (non-hydrogen) atoms. The highest BCUT2D eigenvalue weighted by molar-refractivity contribution is 6.00. The van der Waals surface area contributed by atoms with Crippen LogP contribution in [0.15, 0.2) is 212 Å². The van der Waals surface area contributed by atoms with Gasteiger partial charge in [-0.15, -0.1) is 0 Å². The number of hydrogen-bond donors (Lipinski definition) is 0. The lowest BCUT2D eigenvalue weighted by Crippen LogP contribution is -2.28. The summed E-state index contributed by atoms with van der Waals surface area (Å²) in [6.45, 7) is 0. The highest BCUT2D eigenvalue weighted by atomic mass is 15.1. The summed E-state index contributed by atoms with van der Waals surface area (Å²) in [7, 11) is 0. The van der Waals surface area contributed by atoms with E-state index in [0.29, 0.717) is 0 Å². The van der Waals surface area contributed by atoms with Gasteiger partial charge in [0.1, 0.15) is 0 Å². The van der Waals surface area contributed by atoms with Crippen LogP contribution in [-0.2, 0) is 5.41 Å². The van der Waals surface area contributed by atoms with Gasteiger partial charge in [-0.1, -0.05) is 176 Å². The van der Waals surface area contributed by atoms with Crippen LogP contribution in [0, 0.1) is 0 Å². The quantitative estimate of drug-likeness (QED) is 0.171. The zero-order valence-electron chi connectivity index (χ0n) is 28.7. The van der Waals surface area contributed by atoms with Crippen LogP contribution < -0.4 is 4.90 Å². The maximum Gasteiger partial charge on any atom is 0.0714 e. The maximum atomic E-state index is 2.46. The molecule has 0 saturated heterocycles. The zero-order valence-corrected chi connectivity index (χ0v) is 28.7. The maximum absolute atomic E-state index is 2.46. The first-order valence-electron chi connectivity index (χ1n) is 18.0. The van der Waals surface area contributed by atoms with E-state index in [1.165, 1.54) is 66.1 Å². The fourth-order valence-corrected chi connectivity index (χ4v) is 8.60. The van der Waals surface area contributed by atoms with Gasteiger partial charge in [0.05, 0.1) is 11.1 Å². The molecule has 9 aromatic rings. The Morgan fingerprint density at radius 3 is 1.73 bits per heavy atom. The molecule has 1 aliphatic rings. The van der Waals surface area contributed by atoms with Crippen LogP contribution in [-0.4, -0.2) is 0 Å². The van der Waals surface area contributed by atoms with Crippen molar-refractivity contribution >= 4 is 38.6 Å². The highest BCUT2D eigenvalue weighted by Gasteiger charge is 2.46. The van der Waals surface area contributed by atoms with Crippen molar-refractivity contribution in [2.45, 2.75) is 5.41 Å². The number of nitrogens with zero attached hydrogens (tertiary/aromatic N) is 1. The summed E-state index contributed by atoms with van der Waals surface area (Å²) < 4.78 is 0. The minimum absolute atomic E-state index is 0.484. The van der Waals surface area contributed by atoms with Gasteiger partial charge < -0.3 is 4.90 Å². The lowest BCUT2D eigenvalue weighted by Gasteiger charge is -2.35. The molecule has 10 rings (SSSR count). The van der Waals surface area contributed by atoms with Crippen LogP contribution in [0.5, 0.6) is 0 Å². The van der Waals surface area contributed by atoms with Crippen LogP contribution in [0.2, 0.25) is 0 Å². The van der Waals surface area contributed by atoms with Crippen LogP contribution in [0.3, 0.4) is 0 Å². The van der Waals surface area contributed by atoms with Gasteiger partial charge in [-0.05, 0) is 97.1 Å². The van der Waals surface area contributed by atoms with E-state index in [9.17, 15) is 0 Å². The summed E-state index contributed by atoms with van der Waals surface area (Å²) in [5, 5.41) is 4.92. The Bertz CT molecular complexity index is 2700. The standard InChI is InChI=1S/C51H35N/c1-3-20-41(21-4-1)51(42-22-5-2-6-23-42)48-27-12-11-26-46(48)47-32-31-44(35-49(47)51)52(50-28-14-18-37-16-9-10-25-45(37)50)43-24-13-19-39(34-43)40-30-29-36-15-7-8-17-38(36)33-40/h1-35H. The Labute approximate surface area is 304 Å². The summed E-state index contributed by atoms with van der Waals surface area (Å²) in [4.78, 5) is 2.46. The second-order valence-electron chi connectivity index (χ2n) is 13.7. The largest absolute Gasteiger partial charge is 0.310 e. The van der Waals surface area contributed by atoms with Crippen molar-refractivity contribution in [2.75, 3.05) is 4.90 Å². The average Bonchev–Trinajstić information content (AvgIpc) is 3.52. The van der Waals surface area contributed by atoms with E-state index < -0.39 is 5.41 Å². The molecule has 0 aliphatic heterocycles. The van der Waals surface area contributed by atoms with E-state index in [-0.39, 0.29) is 0 Å². The average molecular weight is 662 g/mol. The summed E-state index contributed by atoms with van der Waals surface area (Å²) >= 11 is 0. The Balaban J connectivity index is 1.24. The molecular formula is C51H35N. The minimum Gasteiger partial charge on any atom is -0.310 e. The predicted molar refractivity (Wildman–Crippen MR) is 219 cm³/mol. The number of rotatable bonds is 6. The van der Waals surface area contributed by atoms with E-state index >= 15 is 0 Å². The van der Waals surface area contributed by atoms with Crippen molar-refractivity contribution in [2.24, 2.45) is 0 Å². The third kappa shape index (κ3) is 4.71. The predicted octanol–water partition coefficient (Wildman–Crippen LogP) is 13.5. The van der Waals surface area contributed by atoms with Crippen LogP contribution in [0.25, 0.3) is 43.8 Å². The molecule has 244 valence electrons. The third-order valence-corrected chi connectivity index (χ3v) is 10.9. The van der Waals surface area contributed by atoms with E-state index in [1.807, 2.05) is 0 Å². The van der Waals surface area contributed by atoms with Crippen molar-refractivity contribution in [3.63, 3.8) is 0 Å². The van der Waals surface area contributed by atoms with Crippen LogP contribution in [0.4, 0.5) is 17.1 Å². The van der Waals surface area contributed by atoms with Crippen molar-refractivity contribution in [1.29, 1.82) is 0 Å². The van der Waals surface area contributed by atoms with Crippen molar-refractivity contribution in [3.05, 3.63) is 235 Å². The molecule has 0 bridgehead atoms. The SMILES string of the molecule is c1ccc(C2(c3ccccc3)c3ccccc3-c3ccc(N(c4cccc(-c5ccc6ccccc6c5)c4)c4cccc5ccccc45)cc32)cc1. The highest BCUT2D eigenvalue weighted by Crippen LogP contribution is 2.57. The van der Waals surface area contributed by atoms with Gasteiger partial charge in [-0.3, -0.25) is 0 Å². The number of benzene rings is 9. The summed E-state index contributed by atoms with van der Waals surface area (Å²) in [5.41, 5.74) is 13.0. The monoisotopic (exact) mass is 661 g/mol. The first-order valence-corrected chi connectivity index (χ1v) is 18.0. The Morgan fingerprint density at radius 1 is 0.327 bits per heavy atom. The molecule has 9 aromatic carbocycles. The summed E-state index contributed by atoms with van der Waals surface area (Å²) in [5.74, 6) is 0. The van der Waals surface area contributed by atoms with Gasteiger partial charge in [-0.2, -0.15) is 0 Å². The van der Waals surface area contributed by atoms with Gasteiger partial charge in [-0.25, -0.2) is 0 Å². The topological polar surface area (TPSA) is 3.24 Å². The third-order valence-electron chi connectivity index (χ3n) is 10.9. The van der Waals surface area contributed by atoms with Crippen molar-refractivity contribution < 1.29 is 0 Å². The molecule has 0 heterocycles. The van der Waals surface area contributed by atoms with Crippen molar-refractivity contribution in [1.82, 2.24) is 0 Å². The Hall–Kier alpha value is -6.70. The molecule has 0 amide bonds. The molecule has 0 saturated carbocycles. The molecular weight excluding hydrogens is 627 g/mol. The van der Waals surface area contributed by atoms with Crippen molar-refractivity contribution in [3.8, 4) is 22.3 Å². The second kappa shape index (κ2) is 12.3. The Morgan fingerprint density at radius 2 is 0.923 bits per heavy atom. The first-order chi connectivity index (χ1) is 25.8. The molecule has 0 spiro atoms. The molecule has 0 radical (unpaired) electrons. The molecule has 0 aromatic heterocycles. The lowest BCUT2D eigenvalue weighted by molar-refractivity contribution is 0.768. The van der Waals surface area contributed by atoms with Crippen LogP contribution in [0.1, 0.15) is 22.3 Å². The Kier molecular flexibility index (Phi) is 7.11. The molecule has 1 nitrogen and oxygen atoms in total. The van der Waals surface area contributed by atoms with E-state index in [0.717, 1.165) is 17.1 Å². The number of hydrogen-bond acceptors (Lipinski definition) is 1. The first kappa shape index (κ1) is 30.2. The number of fused-ring (bicyclic) bond motifs is 5. The fraction of sp³-hybridized carbons (Fsp3) is 0.0196. The van der Waals surface area contributed by atoms with E-state index in [2.05, 4.69) is 217 Å². The molecule has 0 N–H and O–H groups in total. The second-order valence-corrected chi connectivity index (χ2v) is 13.7. The van der Waals surface area contributed by atoms with Crippen LogP contribution >= 0.6 is 0 Å². The smallest absolute Gasteiger partial charge is 0.0714 e. The van der Waals surface area contributed by atoms with Gasteiger partial charge in [0.2, 0.25) is 0 Å². The molecule has 1 aliphatic carbocycles. The molecule has 0 unspecified atom stereocenters. The van der Waals surface area contributed by atoms with E-state index in [4.69, 9.17) is 0 Å². The van der Waals surface area contributed by atoms with E-state index in [1.54, 1.807) is 0 Å². The van der Waals surface area contributed by atoms with Gasteiger partial charge in [0, 0.05) is 16.8 Å². The molecule has 0 fully saturated rings. The summed E-state index contributed by atoms with van der Waals surface area (Å²) in [6, 6.07) is 77.9. The van der Waals surface area contributed by atoms with Gasteiger partial charge in [0.25, 0.3) is 0 Å². The molecule has 0 atom stereocenters. The zero-order chi connectivity index (χ0) is 34.5. The fourth-order valence-electron chi connectivity index (χ4n) is 8.60. The lowest BCUT2D eigenvalue weighted by atomic mass is 9.67. The summed E-state index contributed by atoms with van der Waals surface area (Å²) in [6.07, 6.45) is 0. The number of anilines is 3. The minimum atomic E-state index is -0.484. The molecule has 1 heteroatoms.